The van der Waals surface area contributed by atoms with E-state index in [-0.39, 0.29) is 12.4 Å². The summed E-state index contributed by atoms with van der Waals surface area (Å²) in [6.45, 7) is 0. The van der Waals surface area contributed by atoms with Gasteiger partial charge in [-0.05, 0) is 5.92 Å². The summed E-state index contributed by atoms with van der Waals surface area (Å²) in [6, 6.07) is 0. The predicted molar refractivity (Wildman–Crippen MR) is 42.1 cm³/mol. The smallest absolute Gasteiger partial charge is 0.317 e. The standard InChI is InChI=1S/C8H8N2O2/c1-12-8(11)4-2-3-7-5-9-6-10-7/h5-6H,4H2,1H3,(H,9,10). The van der Waals surface area contributed by atoms with Crippen molar-refractivity contribution in [3.8, 4) is 11.8 Å². The maximum Gasteiger partial charge on any atom is 0.317 e. The Morgan fingerprint density at radius 1 is 1.83 bits per heavy atom. The van der Waals surface area contributed by atoms with Gasteiger partial charge in [0.1, 0.15) is 12.1 Å². The molecule has 0 amide bonds. The summed E-state index contributed by atoms with van der Waals surface area (Å²) in [5, 5.41) is 0. The van der Waals surface area contributed by atoms with Crippen LogP contribution in [0.2, 0.25) is 0 Å². The summed E-state index contributed by atoms with van der Waals surface area (Å²) in [5.41, 5.74) is 0.693. The minimum absolute atomic E-state index is 0.107. The molecule has 1 heterocycles. The van der Waals surface area contributed by atoms with E-state index in [1.54, 1.807) is 6.20 Å². The van der Waals surface area contributed by atoms with Crippen LogP contribution in [0.5, 0.6) is 0 Å². The van der Waals surface area contributed by atoms with Gasteiger partial charge in [-0.2, -0.15) is 0 Å². The fourth-order valence-corrected chi connectivity index (χ4v) is 0.608. The largest absolute Gasteiger partial charge is 0.468 e. The highest BCUT2D eigenvalue weighted by Gasteiger charge is 1.93. The van der Waals surface area contributed by atoms with Crippen LogP contribution in [0.15, 0.2) is 12.5 Å². The number of esters is 1. The van der Waals surface area contributed by atoms with Crippen molar-refractivity contribution in [2.75, 3.05) is 7.11 Å². The number of hydrogen-bond acceptors (Lipinski definition) is 3. The van der Waals surface area contributed by atoms with Gasteiger partial charge in [-0.15, -0.1) is 0 Å². The number of H-pyrrole nitrogens is 1. The lowest BCUT2D eigenvalue weighted by molar-refractivity contribution is -0.139. The molecule has 1 aromatic heterocycles. The fourth-order valence-electron chi connectivity index (χ4n) is 0.608. The zero-order chi connectivity index (χ0) is 8.81. The average molecular weight is 164 g/mol. The van der Waals surface area contributed by atoms with Gasteiger partial charge in [0.15, 0.2) is 0 Å². The topological polar surface area (TPSA) is 55.0 Å². The first-order chi connectivity index (χ1) is 5.83. The maximum absolute atomic E-state index is 10.6. The van der Waals surface area contributed by atoms with Gasteiger partial charge in [-0.3, -0.25) is 4.79 Å². The molecule has 62 valence electrons. The van der Waals surface area contributed by atoms with Crippen LogP contribution in [0, 0.1) is 11.8 Å². The number of nitrogens with one attached hydrogen (secondary N) is 1. The Bertz CT molecular complexity index is 306. The molecule has 4 heteroatoms. The first kappa shape index (κ1) is 8.34. The van der Waals surface area contributed by atoms with Crippen LogP contribution in [0.3, 0.4) is 0 Å². The molecule has 0 unspecified atom stereocenters. The Hall–Kier alpha value is -1.76. The van der Waals surface area contributed by atoms with Crippen molar-refractivity contribution in [1.82, 2.24) is 9.97 Å². The molecule has 0 aromatic carbocycles. The number of methoxy groups -OCH3 is 1. The molecule has 4 nitrogen and oxygen atoms in total. The van der Waals surface area contributed by atoms with Gasteiger partial charge < -0.3 is 9.72 Å². The third kappa shape index (κ3) is 2.46. The van der Waals surface area contributed by atoms with Crippen LogP contribution in [-0.4, -0.2) is 23.0 Å². The van der Waals surface area contributed by atoms with Crippen LogP contribution in [0.4, 0.5) is 0 Å². The molecule has 1 N–H and O–H groups in total. The highest BCUT2D eigenvalue weighted by Crippen LogP contribution is 1.87. The summed E-state index contributed by atoms with van der Waals surface area (Å²) < 4.78 is 4.40. The van der Waals surface area contributed by atoms with E-state index in [9.17, 15) is 4.79 Å². The molecule has 0 fully saturated rings. The van der Waals surface area contributed by atoms with Crippen molar-refractivity contribution in [2.24, 2.45) is 0 Å². The molecule has 0 aliphatic carbocycles. The molecular formula is C8H8N2O2. The maximum atomic E-state index is 10.6. The number of aromatic nitrogens is 2. The number of carbonyl (C=O) groups is 1. The SMILES string of the molecule is COC(=O)CC#Cc1cnc[nH]1. The number of imidazole rings is 1. The second-order valence-corrected chi connectivity index (χ2v) is 2.02. The summed E-state index contributed by atoms with van der Waals surface area (Å²) in [5.74, 6) is 5.03. The Kier molecular flexibility index (Phi) is 2.91. The molecule has 0 aliphatic heterocycles. The zero-order valence-corrected chi connectivity index (χ0v) is 6.63. The van der Waals surface area contributed by atoms with Gasteiger partial charge in [0, 0.05) is 0 Å². The van der Waals surface area contributed by atoms with Crippen molar-refractivity contribution in [3.05, 3.63) is 18.2 Å². The first-order valence-electron chi connectivity index (χ1n) is 3.37. The van der Waals surface area contributed by atoms with Gasteiger partial charge in [0.25, 0.3) is 0 Å². The van der Waals surface area contributed by atoms with Crippen molar-refractivity contribution < 1.29 is 9.53 Å². The first-order valence-corrected chi connectivity index (χ1v) is 3.37. The zero-order valence-electron chi connectivity index (χ0n) is 6.63. The number of rotatable bonds is 1. The van der Waals surface area contributed by atoms with Crippen LogP contribution < -0.4 is 0 Å². The van der Waals surface area contributed by atoms with Gasteiger partial charge in [-0.25, -0.2) is 4.98 Å². The molecule has 0 aliphatic rings. The Morgan fingerprint density at radius 3 is 3.25 bits per heavy atom. The molecular weight excluding hydrogens is 156 g/mol. The molecule has 0 saturated carbocycles. The highest BCUT2D eigenvalue weighted by molar-refractivity contribution is 5.72. The fraction of sp³-hybridized carbons (Fsp3) is 0.250. The van der Waals surface area contributed by atoms with Gasteiger partial charge in [0.05, 0.1) is 19.6 Å². The number of carbonyl (C=O) groups excluding carboxylic acids is 1. The number of hydrogen-bond donors (Lipinski definition) is 1. The van der Waals surface area contributed by atoms with Crippen molar-refractivity contribution in [1.29, 1.82) is 0 Å². The number of nitrogens with zero attached hydrogens (tertiary/aromatic N) is 1. The molecule has 0 bridgehead atoms. The van der Waals surface area contributed by atoms with Crippen LogP contribution >= 0.6 is 0 Å². The summed E-state index contributed by atoms with van der Waals surface area (Å²) in [4.78, 5) is 17.1. The molecule has 0 spiro atoms. The Labute approximate surface area is 70.0 Å². The summed E-state index contributed by atoms with van der Waals surface area (Å²) in [7, 11) is 1.33. The molecule has 0 atom stereocenters. The van der Waals surface area contributed by atoms with Gasteiger partial charge >= 0.3 is 5.97 Å². The van der Waals surface area contributed by atoms with Gasteiger partial charge in [-0.1, -0.05) is 5.92 Å². The van der Waals surface area contributed by atoms with E-state index in [2.05, 4.69) is 26.5 Å². The van der Waals surface area contributed by atoms with E-state index in [0.717, 1.165) is 0 Å². The van der Waals surface area contributed by atoms with E-state index in [0.29, 0.717) is 5.69 Å². The van der Waals surface area contributed by atoms with Crippen molar-refractivity contribution in [2.45, 2.75) is 6.42 Å². The average Bonchev–Trinajstić information content (AvgIpc) is 2.57. The molecule has 1 rings (SSSR count). The molecule has 0 radical (unpaired) electrons. The second kappa shape index (κ2) is 4.19. The molecule has 12 heavy (non-hydrogen) atoms. The monoisotopic (exact) mass is 164 g/mol. The number of aromatic amines is 1. The van der Waals surface area contributed by atoms with E-state index in [1.165, 1.54) is 13.4 Å². The Morgan fingerprint density at radius 2 is 2.67 bits per heavy atom. The van der Waals surface area contributed by atoms with E-state index < -0.39 is 0 Å². The lowest BCUT2D eigenvalue weighted by atomic mass is 10.4. The summed E-state index contributed by atoms with van der Waals surface area (Å²) >= 11 is 0. The molecule has 0 saturated heterocycles. The van der Waals surface area contributed by atoms with Crippen molar-refractivity contribution in [3.63, 3.8) is 0 Å². The minimum Gasteiger partial charge on any atom is -0.468 e. The molecule has 1 aromatic rings. The second-order valence-electron chi connectivity index (χ2n) is 2.02. The number of ether oxygens (including phenoxy) is 1. The predicted octanol–water partition coefficient (Wildman–Crippen LogP) is 0.324. The normalized spacial score (nSPS) is 8.42. The highest BCUT2D eigenvalue weighted by atomic mass is 16.5. The van der Waals surface area contributed by atoms with Crippen LogP contribution in [0.1, 0.15) is 12.1 Å². The summed E-state index contributed by atoms with van der Waals surface area (Å²) in [6.07, 6.45) is 3.22. The minimum atomic E-state index is -0.331. The van der Waals surface area contributed by atoms with E-state index in [4.69, 9.17) is 0 Å². The van der Waals surface area contributed by atoms with E-state index in [1.807, 2.05) is 0 Å². The van der Waals surface area contributed by atoms with Crippen molar-refractivity contribution >= 4 is 5.97 Å². The third-order valence-corrected chi connectivity index (χ3v) is 1.18. The lowest BCUT2D eigenvalue weighted by Gasteiger charge is -1.88. The van der Waals surface area contributed by atoms with Gasteiger partial charge in [0.2, 0.25) is 0 Å². The van der Waals surface area contributed by atoms with E-state index >= 15 is 0 Å². The Balaban J connectivity index is 2.45. The van der Waals surface area contributed by atoms with Crippen LogP contribution in [0.25, 0.3) is 0 Å². The quantitative estimate of drug-likeness (QED) is 0.480. The van der Waals surface area contributed by atoms with Crippen LogP contribution in [-0.2, 0) is 9.53 Å². The third-order valence-electron chi connectivity index (χ3n) is 1.18. The lowest BCUT2D eigenvalue weighted by Crippen LogP contribution is -1.96.